The second-order valence-electron chi connectivity index (χ2n) is 6.40. The Kier molecular flexibility index (Phi) is 6.62. The number of halogens is 3. The van der Waals surface area contributed by atoms with Gasteiger partial charge in [0.15, 0.2) is 0 Å². The van der Waals surface area contributed by atoms with Crippen molar-refractivity contribution in [1.29, 1.82) is 0 Å². The normalized spacial score (nSPS) is 12.9. The molecule has 0 spiro atoms. The van der Waals surface area contributed by atoms with Crippen molar-refractivity contribution in [3.8, 4) is 0 Å². The summed E-state index contributed by atoms with van der Waals surface area (Å²) >= 11 is 18.0. The van der Waals surface area contributed by atoms with Crippen molar-refractivity contribution >= 4 is 34.8 Å². The van der Waals surface area contributed by atoms with Crippen molar-refractivity contribution in [1.82, 2.24) is 15.0 Å². The van der Waals surface area contributed by atoms with Gasteiger partial charge < -0.3 is 0 Å². The van der Waals surface area contributed by atoms with Crippen LogP contribution in [0, 0.1) is 5.41 Å². The summed E-state index contributed by atoms with van der Waals surface area (Å²) in [5.74, 6) is 0. The van der Waals surface area contributed by atoms with Gasteiger partial charge in [0.2, 0.25) is 3.79 Å². The minimum atomic E-state index is -1.51. The fourth-order valence-electron chi connectivity index (χ4n) is 2.10. The molecule has 1 heterocycles. The number of unbranched alkanes of at least 4 members (excludes halogenated alkanes) is 3. The Labute approximate surface area is 137 Å². The molecular formula is C14H24Cl3N3. The molecule has 20 heavy (non-hydrogen) atoms. The van der Waals surface area contributed by atoms with Gasteiger partial charge in [-0.3, -0.25) is 0 Å². The molecule has 1 aromatic rings. The fraction of sp³-hybridized carbons (Fsp3) is 0.857. The third-order valence-corrected chi connectivity index (χ3v) is 3.56. The van der Waals surface area contributed by atoms with E-state index in [1.165, 1.54) is 19.3 Å². The lowest BCUT2D eigenvalue weighted by molar-refractivity contribution is 0.387. The first-order valence-electron chi connectivity index (χ1n) is 7.14. The van der Waals surface area contributed by atoms with E-state index in [4.69, 9.17) is 34.8 Å². The quantitative estimate of drug-likeness (QED) is 0.521. The van der Waals surface area contributed by atoms with Gasteiger partial charge in [-0.05, 0) is 18.3 Å². The van der Waals surface area contributed by atoms with Crippen LogP contribution >= 0.6 is 34.8 Å². The highest BCUT2D eigenvalue weighted by Crippen LogP contribution is 2.40. The molecule has 0 aliphatic carbocycles. The molecule has 3 nitrogen and oxygen atoms in total. The molecule has 1 aromatic heterocycles. The summed E-state index contributed by atoms with van der Waals surface area (Å²) in [6, 6.07) is 0. The molecule has 0 atom stereocenters. The summed E-state index contributed by atoms with van der Waals surface area (Å²) in [6.07, 6.45) is 5.51. The van der Waals surface area contributed by atoms with Crippen molar-refractivity contribution in [2.45, 2.75) is 70.1 Å². The molecule has 0 aromatic carbocycles. The topological polar surface area (TPSA) is 30.7 Å². The van der Waals surface area contributed by atoms with E-state index < -0.39 is 3.79 Å². The average molecular weight is 341 g/mol. The minimum absolute atomic E-state index is 0.0908. The van der Waals surface area contributed by atoms with Crippen molar-refractivity contribution in [2.75, 3.05) is 0 Å². The molecule has 0 unspecified atom stereocenters. The molecule has 1 rings (SSSR count). The van der Waals surface area contributed by atoms with Crippen molar-refractivity contribution in [3.63, 3.8) is 0 Å². The van der Waals surface area contributed by atoms with Gasteiger partial charge in [0.1, 0.15) is 5.69 Å². The Morgan fingerprint density at radius 2 is 1.70 bits per heavy atom. The van der Waals surface area contributed by atoms with E-state index in [0.29, 0.717) is 5.69 Å². The van der Waals surface area contributed by atoms with Crippen LogP contribution < -0.4 is 0 Å². The molecule has 0 aliphatic heterocycles. The molecule has 0 fully saturated rings. The highest BCUT2D eigenvalue weighted by Gasteiger charge is 2.33. The number of aryl methyl sites for hydroxylation is 1. The number of aromatic nitrogens is 3. The van der Waals surface area contributed by atoms with Crippen molar-refractivity contribution in [3.05, 3.63) is 11.4 Å². The van der Waals surface area contributed by atoms with Crippen molar-refractivity contribution in [2.24, 2.45) is 5.41 Å². The zero-order valence-corrected chi connectivity index (χ0v) is 15.0. The Morgan fingerprint density at radius 3 is 2.20 bits per heavy atom. The average Bonchev–Trinajstić information content (AvgIpc) is 2.65. The maximum atomic E-state index is 6.00. The van der Waals surface area contributed by atoms with Gasteiger partial charge in [0.05, 0.1) is 5.69 Å². The molecule has 0 amide bonds. The summed E-state index contributed by atoms with van der Waals surface area (Å²) in [6.45, 7) is 9.50. The van der Waals surface area contributed by atoms with E-state index in [0.717, 1.165) is 25.1 Å². The van der Waals surface area contributed by atoms with Crippen LogP contribution in [0.25, 0.3) is 0 Å². The predicted octanol–water partition coefficient (Wildman–Crippen LogP) is 5.27. The van der Waals surface area contributed by atoms with Gasteiger partial charge in [-0.25, -0.2) is 4.68 Å². The number of alkyl halides is 3. The van der Waals surface area contributed by atoms with E-state index in [9.17, 15) is 0 Å². The predicted molar refractivity (Wildman–Crippen MR) is 86.6 cm³/mol. The summed E-state index contributed by atoms with van der Waals surface area (Å²) < 4.78 is 0.389. The van der Waals surface area contributed by atoms with Crippen molar-refractivity contribution < 1.29 is 0 Å². The lowest BCUT2D eigenvalue weighted by Gasteiger charge is -2.21. The summed E-state index contributed by atoms with van der Waals surface area (Å²) in [4.78, 5) is 0. The SMILES string of the molecule is CCCCCCn1nnc(C(Cl)(Cl)Cl)c1CC(C)(C)C. The molecule has 116 valence electrons. The largest absolute Gasteiger partial charge is 0.249 e. The first kappa shape index (κ1) is 18.1. The third-order valence-electron chi connectivity index (χ3n) is 3.03. The molecule has 0 bridgehead atoms. The maximum absolute atomic E-state index is 6.00. The first-order valence-corrected chi connectivity index (χ1v) is 8.28. The van der Waals surface area contributed by atoms with Crippen LogP contribution in [0.2, 0.25) is 0 Å². The number of rotatable bonds is 6. The lowest BCUT2D eigenvalue weighted by Crippen LogP contribution is -2.18. The summed E-state index contributed by atoms with van der Waals surface area (Å²) in [5, 5.41) is 8.27. The first-order chi connectivity index (χ1) is 9.15. The van der Waals surface area contributed by atoms with Crippen LogP contribution in [-0.2, 0) is 16.8 Å². The van der Waals surface area contributed by atoms with E-state index >= 15 is 0 Å². The minimum Gasteiger partial charge on any atom is -0.249 e. The molecule has 0 aliphatic rings. The molecule has 0 saturated carbocycles. The van der Waals surface area contributed by atoms with Crippen LogP contribution in [-0.4, -0.2) is 15.0 Å². The van der Waals surface area contributed by atoms with Gasteiger partial charge in [0, 0.05) is 6.54 Å². The highest BCUT2D eigenvalue weighted by molar-refractivity contribution is 6.66. The van der Waals surface area contributed by atoms with Crippen LogP contribution in [0.15, 0.2) is 0 Å². The third kappa shape index (κ3) is 5.79. The van der Waals surface area contributed by atoms with Gasteiger partial charge in [-0.2, -0.15) is 0 Å². The maximum Gasteiger partial charge on any atom is 0.236 e. The summed E-state index contributed by atoms with van der Waals surface area (Å²) in [5.41, 5.74) is 1.50. The fourth-order valence-corrected chi connectivity index (χ4v) is 2.54. The lowest BCUT2D eigenvalue weighted by atomic mass is 9.90. The number of nitrogens with zero attached hydrogens (tertiary/aromatic N) is 3. The van der Waals surface area contributed by atoms with Crippen LogP contribution in [0.3, 0.4) is 0 Å². The standard InChI is InChI=1S/C14H24Cl3N3/c1-5-6-7-8-9-20-11(10-13(2,3)4)12(18-19-20)14(15,16)17/h5-10H2,1-4H3. The van der Waals surface area contributed by atoms with Crippen LogP contribution in [0.4, 0.5) is 0 Å². The Hall–Kier alpha value is 0.01000. The van der Waals surface area contributed by atoms with E-state index in [1.807, 2.05) is 4.68 Å². The number of hydrogen-bond acceptors (Lipinski definition) is 2. The highest BCUT2D eigenvalue weighted by atomic mass is 35.6. The zero-order valence-electron chi connectivity index (χ0n) is 12.7. The number of hydrogen-bond donors (Lipinski definition) is 0. The molecule has 0 N–H and O–H groups in total. The van der Waals surface area contributed by atoms with Gasteiger partial charge in [0.25, 0.3) is 0 Å². The molecular weight excluding hydrogens is 317 g/mol. The van der Waals surface area contributed by atoms with E-state index in [2.05, 4.69) is 38.0 Å². The Morgan fingerprint density at radius 1 is 1.05 bits per heavy atom. The Balaban J connectivity index is 2.91. The second kappa shape index (κ2) is 7.33. The van der Waals surface area contributed by atoms with Gasteiger partial charge in [-0.15, -0.1) is 5.10 Å². The van der Waals surface area contributed by atoms with Gasteiger partial charge in [-0.1, -0.05) is 87.0 Å². The molecule has 0 radical (unpaired) electrons. The van der Waals surface area contributed by atoms with E-state index in [-0.39, 0.29) is 5.41 Å². The Bertz CT molecular complexity index is 416. The second-order valence-corrected chi connectivity index (χ2v) is 8.68. The summed E-state index contributed by atoms with van der Waals surface area (Å²) in [7, 11) is 0. The monoisotopic (exact) mass is 339 g/mol. The van der Waals surface area contributed by atoms with Gasteiger partial charge >= 0.3 is 0 Å². The molecule has 6 heteroatoms. The van der Waals surface area contributed by atoms with Crippen LogP contribution in [0.5, 0.6) is 0 Å². The smallest absolute Gasteiger partial charge is 0.236 e. The van der Waals surface area contributed by atoms with Crippen LogP contribution in [0.1, 0.15) is 64.8 Å². The zero-order chi connectivity index (χ0) is 15.4. The molecule has 0 saturated heterocycles. The van der Waals surface area contributed by atoms with E-state index in [1.54, 1.807) is 0 Å².